The van der Waals surface area contributed by atoms with Crippen molar-refractivity contribution in [1.29, 1.82) is 0 Å². The van der Waals surface area contributed by atoms with E-state index in [1.54, 1.807) is 6.08 Å². The number of thiazole rings is 1. The molecule has 152 valence electrons. The lowest BCUT2D eigenvalue weighted by Crippen LogP contribution is -2.13. The molecule has 1 aromatic carbocycles. The number of carbonyl (C=O) groups is 2. The van der Waals surface area contributed by atoms with Crippen molar-refractivity contribution in [2.45, 2.75) is 38.2 Å². The van der Waals surface area contributed by atoms with Crippen molar-refractivity contribution in [2.75, 3.05) is 0 Å². The number of allylic oxidation sites excluding steroid dienone is 4. The molecule has 6 heteroatoms. The Kier molecular flexibility index (Phi) is 7.12. The highest BCUT2D eigenvalue weighted by molar-refractivity contribution is 7.18. The van der Waals surface area contributed by atoms with Crippen molar-refractivity contribution >= 4 is 33.3 Å². The molecule has 0 radical (unpaired) electrons. The fourth-order valence-corrected chi connectivity index (χ4v) is 4.49. The normalized spacial score (nSPS) is 21.0. The van der Waals surface area contributed by atoms with Gasteiger partial charge in [0.2, 0.25) is 0 Å². The van der Waals surface area contributed by atoms with Crippen molar-refractivity contribution in [2.24, 2.45) is 11.8 Å². The van der Waals surface area contributed by atoms with Gasteiger partial charge < -0.3 is 10.2 Å². The number of hydrogen-bond donors (Lipinski definition) is 2. The number of rotatable bonds is 9. The zero-order chi connectivity index (χ0) is 20.8. The number of Topliss-reactive ketones (excluding diaryl/α,β-unsaturated/α-hetero) is 1. The Labute approximate surface area is 174 Å². The first-order chi connectivity index (χ1) is 14.0. The standard InChI is InChI=1S/C23H25NO4S/c1-15-14-20(26)17(8-4-2-3-5-11-22(27)28)16(15)12-13-19(25)23-24-18-9-6-7-10-21(18)29-23/h2,4,6-7,9-10,12-13,16-17,19,25H,1,3,5,8,11,14H2,(H,27,28)/b4-2-,13-12+/t16-,17+,19+/m0/s1. The zero-order valence-corrected chi connectivity index (χ0v) is 17.0. The van der Waals surface area contributed by atoms with Gasteiger partial charge in [-0.25, -0.2) is 4.98 Å². The average Bonchev–Trinajstić information content (AvgIpc) is 3.23. The number of hydrogen-bond acceptors (Lipinski definition) is 5. The third kappa shape index (κ3) is 5.49. The van der Waals surface area contributed by atoms with Gasteiger partial charge in [-0.3, -0.25) is 9.59 Å². The quantitative estimate of drug-likeness (QED) is 0.455. The summed E-state index contributed by atoms with van der Waals surface area (Å²) in [5, 5.41) is 19.8. The van der Waals surface area contributed by atoms with E-state index in [2.05, 4.69) is 11.6 Å². The summed E-state index contributed by atoms with van der Waals surface area (Å²) in [6, 6.07) is 7.76. The summed E-state index contributed by atoms with van der Waals surface area (Å²) >= 11 is 1.46. The van der Waals surface area contributed by atoms with E-state index in [0.29, 0.717) is 30.7 Å². The molecule has 3 atom stereocenters. The molecule has 5 nitrogen and oxygen atoms in total. The zero-order valence-electron chi connectivity index (χ0n) is 16.2. The maximum absolute atomic E-state index is 12.4. The third-order valence-corrected chi connectivity index (χ3v) is 6.21. The number of carboxylic acid groups (broad SMARTS) is 1. The van der Waals surface area contributed by atoms with Gasteiger partial charge in [0, 0.05) is 24.7 Å². The molecule has 1 fully saturated rings. The molecule has 1 saturated carbocycles. The van der Waals surface area contributed by atoms with Crippen LogP contribution in [0.15, 0.2) is 60.7 Å². The second kappa shape index (κ2) is 9.76. The maximum Gasteiger partial charge on any atom is 0.303 e. The molecule has 3 rings (SSSR count). The molecule has 0 aliphatic heterocycles. The van der Waals surface area contributed by atoms with Crippen LogP contribution < -0.4 is 0 Å². The molecule has 0 unspecified atom stereocenters. The molecule has 0 saturated heterocycles. The monoisotopic (exact) mass is 411 g/mol. The Morgan fingerprint density at radius 2 is 2.14 bits per heavy atom. The number of aliphatic hydroxyl groups excluding tert-OH is 1. The number of unbranched alkanes of at least 4 members (excludes halogenated alkanes) is 1. The largest absolute Gasteiger partial charge is 0.481 e. The van der Waals surface area contributed by atoms with Crippen LogP contribution in [0.1, 0.15) is 43.2 Å². The van der Waals surface area contributed by atoms with E-state index in [1.165, 1.54) is 11.3 Å². The lowest BCUT2D eigenvalue weighted by atomic mass is 9.89. The number of aliphatic carboxylic acids is 1. The molecule has 29 heavy (non-hydrogen) atoms. The Morgan fingerprint density at radius 1 is 1.34 bits per heavy atom. The van der Waals surface area contributed by atoms with Crippen LogP contribution in [-0.4, -0.2) is 26.9 Å². The first-order valence-electron chi connectivity index (χ1n) is 9.74. The third-order valence-electron chi connectivity index (χ3n) is 5.10. The van der Waals surface area contributed by atoms with E-state index in [-0.39, 0.29) is 24.0 Å². The van der Waals surface area contributed by atoms with Gasteiger partial charge in [0.05, 0.1) is 10.2 Å². The molecule has 0 amide bonds. The first-order valence-corrected chi connectivity index (χ1v) is 10.6. The van der Waals surface area contributed by atoms with Crippen molar-refractivity contribution in [3.63, 3.8) is 0 Å². The Hall–Kier alpha value is -2.57. The summed E-state index contributed by atoms with van der Waals surface area (Å²) < 4.78 is 1.03. The maximum atomic E-state index is 12.4. The van der Waals surface area contributed by atoms with E-state index in [9.17, 15) is 14.7 Å². The van der Waals surface area contributed by atoms with Crippen LogP contribution in [-0.2, 0) is 9.59 Å². The van der Waals surface area contributed by atoms with Crippen LogP contribution in [0.25, 0.3) is 10.2 Å². The Bertz CT molecular complexity index is 926. The molecule has 1 aromatic heterocycles. The second-order valence-electron chi connectivity index (χ2n) is 7.28. The van der Waals surface area contributed by atoms with Crippen LogP contribution in [0.3, 0.4) is 0 Å². The summed E-state index contributed by atoms with van der Waals surface area (Å²) in [7, 11) is 0. The minimum absolute atomic E-state index is 0.102. The Balaban J connectivity index is 1.62. The number of carboxylic acids is 1. The smallest absolute Gasteiger partial charge is 0.303 e. The van der Waals surface area contributed by atoms with E-state index >= 15 is 0 Å². The van der Waals surface area contributed by atoms with E-state index in [4.69, 9.17) is 5.11 Å². The van der Waals surface area contributed by atoms with Crippen LogP contribution in [0, 0.1) is 11.8 Å². The molecule has 1 aliphatic carbocycles. The molecule has 1 aliphatic rings. The average molecular weight is 412 g/mol. The number of nitrogens with zero attached hydrogens (tertiary/aromatic N) is 1. The highest BCUT2D eigenvalue weighted by Crippen LogP contribution is 2.37. The van der Waals surface area contributed by atoms with Gasteiger partial charge in [-0.15, -0.1) is 11.3 Å². The number of aromatic nitrogens is 1. The lowest BCUT2D eigenvalue weighted by molar-refractivity contribution is -0.137. The first kappa shape index (κ1) is 21.1. The highest BCUT2D eigenvalue weighted by atomic mass is 32.1. The summed E-state index contributed by atoms with van der Waals surface area (Å²) in [5.74, 6) is -0.917. The summed E-state index contributed by atoms with van der Waals surface area (Å²) in [5.41, 5.74) is 1.73. The molecular weight excluding hydrogens is 386 g/mol. The lowest BCUT2D eigenvalue weighted by Gasteiger charge is -2.14. The molecule has 2 aromatic rings. The van der Waals surface area contributed by atoms with Crippen LogP contribution >= 0.6 is 11.3 Å². The predicted molar refractivity (Wildman–Crippen MR) is 115 cm³/mol. The van der Waals surface area contributed by atoms with Gasteiger partial charge in [-0.2, -0.15) is 0 Å². The van der Waals surface area contributed by atoms with Gasteiger partial charge in [0.25, 0.3) is 0 Å². The van der Waals surface area contributed by atoms with Gasteiger partial charge >= 0.3 is 5.97 Å². The molecule has 0 bridgehead atoms. The molecule has 0 spiro atoms. The summed E-state index contributed by atoms with van der Waals surface area (Å²) in [6.07, 6.45) is 9.05. The number of carbonyl (C=O) groups excluding carboxylic acids is 1. The fourth-order valence-electron chi connectivity index (χ4n) is 3.56. The number of ketones is 1. The predicted octanol–water partition coefficient (Wildman–Crippen LogP) is 4.85. The van der Waals surface area contributed by atoms with E-state index < -0.39 is 12.1 Å². The second-order valence-corrected chi connectivity index (χ2v) is 8.34. The van der Waals surface area contributed by atoms with Crippen LogP contribution in [0.4, 0.5) is 0 Å². The van der Waals surface area contributed by atoms with E-state index in [1.807, 2.05) is 42.5 Å². The Morgan fingerprint density at radius 3 is 2.90 bits per heavy atom. The molecule has 2 N–H and O–H groups in total. The van der Waals surface area contributed by atoms with E-state index in [0.717, 1.165) is 15.8 Å². The van der Waals surface area contributed by atoms with Gasteiger partial charge in [0.15, 0.2) is 0 Å². The van der Waals surface area contributed by atoms with Crippen molar-refractivity contribution in [3.8, 4) is 0 Å². The fraction of sp³-hybridized carbons (Fsp3) is 0.348. The molecular formula is C23H25NO4S. The number of fused-ring (bicyclic) bond motifs is 1. The van der Waals surface area contributed by atoms with Crippen molar-refractivity contribution in [1.82, 2.24) is 4.98 Å². The summed E-state index contributed by atoms with van der Waals surface area (Å²) in [4.78, 5) is 27.4. The highest BCUT2D eigenvalue weighted by Gasteiger charge is 2.35. The number of benzene rings is 1. The van der Waals surface area contributed by atoms with Gasteiger partial charge in [-0.1, -0.05) is 48.6 Å². The van der Waals surface area contributed by atoms with Crippen molar-refractivity contribution in [3.05, 3.63) is 65.7 Å². The van der Waals surface area contributed by atoms with Gasteiger partial charge in [-0.05, 0) is 31.4 Å². The summed E-state index contributed by atoms with van der Waals surface area (Å²) in [6.45, 7) is 4.04. The van der Waals surface area contributed by atoms with Crippen molar-refractivity contribution < 1.29 is 19.8 Å². The van der Waals surface area contributed by atoms with Crippen LogP contribution in [0.5, 0.6) is 0 Å². The van der Waals surface area contributed by atoms with Crippen LogP contribution in [0.2, 0.25) is 0 Å². The minimum Gasteiger partial charge on any atom is -0.481 e. The molecule has 1 heterocycles. The SMILES string of the molecule is C=C1CC(=O)[C@H](C/C=C\CCCC(=O)O)[C@H]1/C=C/[C@@H](O)c1nc2ccccc2s1. The number of para-hydroxylation sites is 1. The van der Waals surface area contributed by atoms with Gasteiger partial charge in [0.1, 0.15) is 16.9 Å². The number of aliphatic hydroxyl groups is 1. The minimum atomic E-state index is -0.817. The topological polar surface area (TPSA) is 87.5 Å².